The average molecular weight is 595 g/mol. The van der Waals surface area contributed by atoms with E-state index in [1.54, 1.807) is 18.4 Å². The Balaban J connectivity index is 0.00000277. The molecule has 0 radical (unpaired) electrons. The van der Waals surface area contributed by atoms with Crippen molar-refractivity contribution in [1.29, 1.82) is 0 Å². The number of hydrogen-bond donors (Lipinski definition) is 1. The van der Waals surface area contributed by atoms with Crippen LogP contribution in [-0.4, -0.2) is 47.9 Å². The van der Waals surface area contributed by atoms with Crippen LogP contribution in [0.1, 0.15) is 43.8 Å². The summed E-state index contributed by atoms with van der Waals surface area (Å²) < 4.78 is 4.61. The Labute approximate surface area is 175 Å². The van der Waals surface area contributed by atoms with Crippen LogP contribution in [0.25, 0.3) is 0 Å². The van der Waals surface area contributed by atoms with Gasteiger partial charge in [-0.3, -0.25) is 4.79 Å². The molecule has 0 saturated carbocycles. The second kappa shape index (κ2) is 12.8. The number of aromatic nitrogens is 1. The van der Waals surface area contributed by atoms with E-state index in [2.05, 4.69) is 66.1 Å². The minimum absolute atomic E-state index is 0.0968. The third-order valence-electron chi connectivity index (χ3n) is 3.08. The molecule has 1 aromatic heterocycles. The highest BCUT2D eigenvalue weighted by molar-refractivity contribution is 15.0. The van der Waals surface area contributed by atoms with Gasteiger partial charge in [-0.2, -0.15) is 0 Å². The van der Waals surface area contributed by atoms with E-state index in [0.29, 0.717) is 12.5 Å². The zero-order valence-electron chi connectivity index (χ0n) is 14.8. The number of urea groups is 1. The van der Waals surface area contributed by atoms with Gasteiger partial charge in [0.15, 0.2) is 0 Å². The van der Waals surface area contributed by atoms with Crippen molar-refractivity contribution < 1.29 is 19.1 Å². The maximum Gasteiger partial charge on any atom is 0.328 e. The molecule has 0 aliphatic heterocycles. The van der Waals surface area contributed by atoms with E-state index in [4.69, 9.17) is 0 Å². The summed E-state index contributed by atoms with van der Waals surface area (Å²) in [7, 11) is 2.82. The van der Waals surface area contributed by atoms with Crippen molar-refractivity contribution in [2.24, 2.45) is 0 Å². The molecule has 1 aromatic rings. The van der Waals surface area contributed by atoms with E-state index in [-0.39, 0.29) is 12.2 Å². The standard InChI is InChI=1S/C15H23N3O4S.I2/c1-9(2)13-16-11(8-23-13)7-18(4)15(21)17-12(6-10(3)19)14(20)22-5;1-2/h8-9,12H,6-7H2,1-5H3,(H,17,21);/t12-;/m0./s1. The summed E-state index contributed by atoms with van der Waals surface area (Å²) in [6, 6.07) is -1.44. The summed E-state index contributed by atoms with van der Waals surface area (Å²) in [6.07, 6.45) is -0.0968. The molecule has 0 bridgehead atoms. The molecule has 0 aliphatic rings. The molecule has 1 rings (SSSR count). The van der Waals surface area contributed by atoms with E-state index in [0.717, 1.165) is 10.7 Å². The number of amides is 2. The van der Waals surface area contributed by atoms with E-state index in [1.807, 2.05) is 5.38 Å². The molecular weight excluding hydrogens is 572 g/mol. The predicted octanol–water partition coefficient (Wildman–Crippen LogP) is 3.70. The minimum Gasteiger partial charge on any atom is -0.467 e. The summed E-state index contributed by atoms with van der Waals surface area (Å²) >= 11 is 5.79. The van der Waals surface area contributed by atoms with Crippen LogP contribution in [0.5, 0.6) is 0 Å². The monoisotopic (exact) mass is 595 g/mol. The van der Waals surface area contributed by atoms with Crippen molar-refractivity contribution in [2.45, 2.75) is 45.7 Å². The molecule has 10 heteroatoms. The van der Waals surface area contributed by atoms with Gasteiger partial charge in [0.05, 0.1) is 24.4 Å². The molecule has 0 saturated heterocycles. The average Bonchev–Trinajstić information content (AvgIpc) is 3.03. The van der Waals surface area contributed by atoms with E-state index < -0.39 is 18.0 Å². The van der Waals surface area contributed by atoms with Gasteiger partial charge < -0.3 is 15.0 Å². The lowest BCUT2D eigenvalue weighted by Gasteiger charge is -2.21. The molecule has 1 heterocycles. The quantitative estimate of drug-likeness (QED) is 0.384. The van der Waals surface area contributed by atoms with Crippen LogP contribution >= 0.6 is 48.6 Å². The second-order valence-electron chi connectivity index (χ2n) is 5.62. The minimum atomic E-state index is -0.978. The summed E-state index contributed by atoms with van der Waals surface area (Å²) in [5, 5.41) is 5.44. The SMILES string of the molecule is COC(=O)[C@H](CC(C)=O)NC(=O)N(C)Cc1csc(C(C)C)n1.II. The zero-order chi connectivity index (χ0) is 19.6. The summed E-state index contributed by atoms with van der Waals surface area (Å²) in [4.78, 5) is 40.9. The van der Waals surface area contributed by atoms with Gasteiger partial charge >= 0.3 is 12.0 Å². The number of thiazole rings is 1. The van der Waals surface area contributed by atoms with E-state index in [1.165, 1.54) is 18.9 Å². The Morgan fingerprint density at radius 2 is 1.96 bits per heavy atom. The Bertz CT molecular complexity index is 581. The number of ether oxygens (including phenoxy) is 1. The highest BCUT2D eigenvalue weighted by Gasteiger charge is 2.24. The largest absolute Gasteiger partial charge is 0.467 e. The molecule has 0 unspecified atom stereocenters. The number of rotatable bonds is 7. The van der Waals surface area contributed by atoms with Gasteiger partial charge in [0, 0.05) is 62.0 Å². The Morgan fingerprint density at radius 1 is 1.36 bits per heavy atom. The number of esters is 1. The van der Waals surface area contributed by atoms with Crippen molar-refractivity contribution in [3.63, 3.8) is 0 Å². The Hall–Kier alpha value is -0.500. The lowest BCUT2D eigenvalue weighted by molar-refractivity contribution is -0.144. The molecule has 1 atom stereocenters. The molecule has 0 aromatic carbocycles. The van der Waals surface area contributed by atoms with Crippen LogP contribution in [-0.2, 0) is 20.9 Å². The number of ketones is 1. The van der Waals surface area contributed by atoms with Gasteiger partial charge in [0.2, 0.25) is 0 Å². The van der Waals surface area contributed by atoms with Gasteiger partial charge in [0.25, 0.3) is 0 Å². The number of Topliss-reactive ketones (excluding diaryl/α,β-unsaturated/α-hetero) is 1. The lowest BCUT2D eigenvalue weighted by atomic mass is 10.1. The zero-order valence-corrected chi connectivity index (χ0v) is 20.0. The molecule has 0 aliphatic carbocycles. The van der Waals surface area contributed by atoms with Crippen LogP contribution in [0.2, 0.25) is 0 Å². The van der Waals surface area contributed by atoms with Gasteiger partial charge in [-0.25, -0.2) is 14.6 Å². The number of hydrogen-bond acceptors (Lipinski definition) is 6. The van der Waals surface area contributed by atoms with Gasteiger partial charge in [0.1, 0.15) is 11.8 Å². The number of nitrogens with one attached hydrogen (secondary N) is 1. The van der Waals surface area contributed by atoms with Gasteiger partial charge in [-0.1, -0.05) is 13.8 Å². The molecule has 7 nitrogen and oxygen atoms in total. The number of methoxy groups -OCH3 is 1. The van der Waals surface area contributed by atoms with Crippen molar-refractivity contribution in [3.05, 3.63) is 16.1 Å². The Morgan fingerprint density at radius 3 is 2.40 bits per heavy atom. The van der Waals surface area contributed by atoms with Crippen LogP contribution in [0.4, 0.5) is 4.79 Å². The van der Waals surface area contributed by atoms with Crippen LogP contribution in [0.3, 0.4) is 0 Å². The smallest absolute Gasteiger partial charge is 0.328 e. The van der Waals surface area contributed by atoms with Crippen molar-refractivity contribution in [2.75, 3.05) is 14.2 Å². The first-order chi connectivity index (χ1) is 11.7. The van der Waals surface area contributed by atoms with Crippen molar-refractivity contribution in [3.8, 4) is 0 Å². The highest BCUT2D eigenvalue weighted by atomic mass is 128. The molecule has 25 heavy (non-hydrogen) atoms. The van der Waals surface area contributed by atoms with Crippen LogP contribution in [0, 0.1) is 0 Å². The first kappa shape index (κ1) is 24.5. The molecule has 142 valence electrons. The fourth-order valence-corrected chi connectivity index (χ4v) is 2.68. The van der Waals surface area contributed by atoms with Crippen LogP contribution < -0.4 is 5.32 Å². The number of halogens is 2. The van der Waals surface area contributed by atoms with E-state index >= 15 is 0 Å². The molecular formula is C15H23I2N3O4S. The fraction of sp³-hybridized carbons (Fsp3) is 0.600. The van der Waals surface area contributed by atoms with Crippen molar-refractivity contribution >= 4 is 66.4 Å². The number of nitrogens with zero attached hydrogens (tertiary/aromatic N) is 2. The highest BCUT2D eigenvalue weighted by Crippen LogP contribution is 2.19. The normalized spacial score (nSPS) is 11.2. The second-order valence-corrected chi connectivity index (χ2v) is 6.51. The molecule has 1 N–H and O–H groups in total. The third-order valence-corrected chi connectivity index (χ3v) is 4.28. The van der Waals surface area contributed by atoms with Gasteiger partial charge in [-0.05, 0) is 6.92 Å². The summed E-state index contributed by atoms with van der Waals surface area (Å²) in [5.41, 5.74) is 0.789. The Kier molecular flexibility index (Phi) is 12.5. The number of carbonyl (C=O) groups is 3. The lowest BCUT2D eigenvalue weighted by Crippen LogP contribution is -2.47. The molecule has 0 spiro atoms. The van der Waals surface area contributed by atoms with Crippen molar-refractivity contribution in [1.82, 2.24) is 15.2 Å². The fourth-order valence-electron chi connectivity index (χ4n) is 1.86. The molecule has 0 fully saturated rings. The first-order valence-electron chi connectivity index (χ1n) is 7.42. The predicted molar refractivity (Wildman–Crippen MR) is 115 cm³/mol. The third kappa shape index (κ3) is 9.13. The maximum atomic E-state index is 12.2. The summed E-state index contributed by atoms with van der Waals surface area (Å²) in [5.74, 6) is -0.505. The molecule has 2 amide bonds. The first-order valence-corrected chi connectivity index (χ1v) is 14.6. The van der Waals surface area contributed by atoms with Crippen LogP contribution in [0.15, 0.2) is 5.38 Å². The van der Waals surface area contributed by atoms with E-state index in [9.17, 15) is 14.4 Å². The maximum absolute atomic E-state index is 12.2. The van der Waals surface area contributed by atoms with Gasteiger partial charge in [-0.15, -0.1) is 11.3 Å². The number of carbonyl (C=O) groups excluding carboxylic acids is 3. The summed E-state index contributed by atoms with van der Waals surface area (Å²) in [6.45, 7) is 5.79. The topological polar surface area (TPSA) is 88.6 Å².